The van der Waals surface area contributed by atoms with Crippen molar-refractivity contribution in [2.45, 2.75) is 18.7 Å². The van der Waals surface area contributed by atoms with Gasteiger partial charge in [-0.05, 0) is 18.1 Å². The number of benzene rings is 1. The lowest BCUT2D eigenvalue weighted by Gasteiger charge is -2.10. The highest BCUT2D eigenvalue weighted by molar-refractivity contribution is 7.90. The number of rotatable bonds is 5. The van der Waals surface area contributed by atoms with E-state index in [-0.39, 0.29) is 10.6 Å². The average Bonchev–Trinajstić information content (AvgIpc) is 2.24. The summed E-state index contributed by atoms with van der Waals surface area (Å²) < 4.78 is 22.7. The van der Waals surface area contributed by atoms with Crippen molar-refractivity contribution in [1.29, 1.82) is 0 Å². The van der Waals surface area contributed by atoms with Crippen molar-refractivity contribution >= 4 is 21.2 Å². The van der Waals surface area contributed by atoms with Crippen LogP contribution in [0.1, 0.15) is 13.8 Å². The third kappa shape index (κ3) is 3.69. The summed E-state index contributed by atoms with van der Waals surface area (Å²) in [6.07, 6.45) is 1.02. The number of anilines is 1. The first-order chi connectivity index (χ1) is 8.21. The molecule has 1 aromatic carbocycles. The van der Waals surface area contributed by atoms with Crippen LogP contribution in [0, 0.1) is 16.0 Å². The van der Waals surface area contributed by atoms with Gasteiger partial charge in [-0.1, -0.05) is 13.8 Å². The summed E-state index contributed by atoms with van der Waals surface area (Å²) >= 11 is 0. The van der Waals surface area contributed by atoms with E-state index in [1.165, 1.54) is 12.1 Å². The monoisotopic (exact) mass is 272 g/mol. The molecule has 0 saturated carbocycles. The topological polar surface area (TPSA) is 89.3 Å². The molecule has 1 aromatic rings. The molecule has 0 radical (unpaired) electrons. The summed E-state index contributed by atoms with van der Waals surface area (Å²) in [5.41, 5.74) is 0.111. The Morgan fingerprint density at radius 3 is 2.44 bits per heavy atom. The maximum atomic E-state index is 11.3. The van der Waals surface area contributed by atoms with Crippen LogP contribution in [0.15, 0.2) is 23.1 Å². The lowest BCUT2D eigenvalue weighted by molar-refractivity contribution is -0.384. The van der Waals surface area contributed by atoms with E-state index in [2.05, 4.69) is 5.32 Å². The van der Waals surface area contributed by atoms with E-state index in [1.807, 2.05) is 13.8 Å². The highest BCUT2D eigenvalue weighted by Gasteiger charge is 2.18. The zero-order chi connectivity index (χ0) is 13.9. The van der Waals surface area contributed by atoms with Crippen LogP contribution in [0.4, 0.5) is 11.4 Å². The van der Waals surface area contributed by atoms with Gasteiger partial charge in [0.15, 0.2) is 9.84 Å². The first-order valence-electron chi connectivity index (χ1n) is 5.44. The fourth-order valence-corrected chi connectivity index (χ4v) is 2.00. The molecule has 1 rings (SSSR count). The normalized spacial score (nSPS) is 11.6. The second-order valence-electron chi connectivity index (χ2n) is 4.48. The second-order valence-corrected chi connectivity index (χ2v) is 6.50. The van der Waals surface area contributed by atoms with E-state index >= 15 is 0 Å². The smallest absolute Gasteiger partial charge is 0.293 e. The van der Waals surface area contributed by atoms with Gasteiger partial charge in [0.1, 0.15) is 5.69 Å². The Hall–Kier alpha value is -1.63. The lowest BCUT2D eigenvalue weighted by atomic mass is 10.2. The van der Waals surface area contributed by atoms with E-state index in [4.69, 9.17) is 0 Å². The maximum Gasteiger partial charge on any atom is 0.293 e. The molecule has 0 aliphatic heterocycles. The van der Waals surface area contributed by atoms with Crippen molar-refractivity contribution in [2.24, 2.45) is 5.92 Å². The van der Waals surface area contributed by atoms with Gasteiger partial charge in [-0.3, -0.25) is 10.1 Å². The number of nitrogens with zero attached hydrogens (tertiary/aromatic N) is 1. The van der Waals surface area contributed by atoms with Gasteiger partial charge in [-0.25, -0.2) is 8.42 Å². The molecule has 0 unspecified atom stereocenters. The summed E-state index contributed by atoms with van der Waals surface area (Å²) in [6, 6.07) is 3.87. The molecule has 18 heavy (non-hydrogen) atoms. The van der Waals surface area contributed by atoms with Crippen molar-refractivity contribution in [3.63, 3.8) is 0 Å². The van der Waals surface area contributed by atoms with Crippen molar-refractivity contribution in [1.82, 2.24) is 0 Å². The van der Waals surface area contributed by atoms with E-state index in [0.29, 0.717) is 18.2 Å². The first-order valence-corrected chi connectivity index (χ1v) is 7.33. The minimum absolute atomic E-state index is 0.0516. The van der Waals surface area contributed by atoms with Crippen molar-refractivity contribution in [3.05, 3.63) is 28.3 Å². The Balaban J connectivity index is 3.17. The molecule has 1 N–H and O–H groups in total. The van der Waals surface area contributed by atoms with E-state index in [9.17, 15) is 18.5 Å². The van der Waals surface area contributed by atoms with Crippen LogP contribution in [0.2, 0.25) is 0 Å². The summed E-state index contributed by atoms with van der Waals surface area (Å²) in [4.78, 5) is 10.3. The Bertz CT molecular complexity index is 552. The Morgan fingerprint density at radius 2 is 2.00 bits per heavy atom. The minimum atomic E-state index is -3.44. The summed E-state index contributed by atoms with van der Waals surface area (Å²) in [7, 11) is -3.44. The Morgan fingerprint density at radius 1 is 1.39 bits per heavy atom. The fourth-order valence-electron chi connectivity index (χ4n) is 1.36. The Labute approximate surface area is 106 Å². The van der Waals surface area contributed by atoms with Gasteiger partial charge in [-0.15, -0.1) is 0 Å². The van der Waals surface area contributed by atoms with Gasteiger partial charge in [0.05, 0.1) is 9.82 Å². The summed E-state index contributed by atoms with van der Waals surface area (Å²) in [5.74, 6) is 0.333. The molecule has 100 valence electrons. The van der Waals surface area contributed by atoms with Gasteiger partial charge in [0, 0.05) is 18.9 Å². The molecule has 0 bridgehead atoms. The van der Waals surface area contributed by atoms with Crippen LogP contribution >= 0.6 is 0 Å². The molecule has 0 heterocycles. The molecule has 0 atom stereocenters. The molecule has 0 aliphatic carbocycles. The first kappa shape index (κ1) is 14.4. The summed E-state index contributed by atoms with van der Waals surface area (Å²) in [6.45, 7) is 4.53. The highest BCUT2D eigenvalue weighted by atomic mass is 32.2. The molecule has 0 aliphatic rings. The molecule has 0 amide bonds. The van der Waals surface area contributed by atoms with Crippen LogP contribution < -0.4 is 5.32 Å². The third-order valence-corrected chi connectivity index (χ3v) is 3.41. The van der Waals surface area contributed by atoms with Gasteiger partial charge in [0.2, 0.25) is 0 Å². The zero-order valence-electron chi connectivity index (χ0n) is 10.5. The van der Waals surface area contributed by atoms with Gasteiger partial charge >= 0.3 is 0 Å². The largest absolute Gasteiger partial charge is 0.379 e. The SMILES string of the molecule is CC(C)CNc1ccc(S(C)(=O)=O)cc1[N+](=O)[O-]. The molecular weight excluding hydrogens is 256 g/mol. The second kappa shape index (κ2) is 5.34. The van der Waals surface area contributed by atoms with E-state index in [0.717, 1.165) is 12.3 Å². The number of nitrogens with one attached hydrogen (secondary N) is 1. The minimum Gasteiger partial charge on any atom is -0.379 e. The van der Waals surface area contributed by atoms with Crippen LogP contribution in [0.5, 0.6) is 0 Å². The number of hydrogen-bond donors (Lipinski definition) is 1. The van der Waals surface area contributed by atoms with Crippen LogP contribution in [-0.4, -0.2) is 26.1 Å². The van der Waals surface area contributed by atoms with Gasteiger partial charge in [0.25, 0.3) is 5.69 Å². The van der Waals surface area contributed by atoms with Crippen LogP contribution in [-0.2, 0) is 9.84 Å². The molecule has 0 aromatic heterocycles. The fraction of sp³-hybridized carbons (Fsp3) is 0.455. The average molecular weight is 272 g/mol. The molecule has 6 nitrogen and oxygen atoms in total. The van der Waals surface area contributed by atoms with Crippen molar-refractivity contribution in [2.75, 3.05) is 18.1 Å². The number of hydrogen-bond acceptors (Lipinski definition) is 5. The van der Waals surface area contributed by atoms with Gasteiger partial charge in [-0.2, -0.15) is 0 Å². The predicted molar refractivity (Wildman–Crippen MR) is 69.5 cm³/mol. The summed E-state index contributed by atoms with van der Waals surface area (Å²) in [5, 5.41) is 13.9. The van der Waals surface area contributed by atoms with Gasteiger partial charge < -0.3 is 5.32 Å². The maximum absolute atomic E-state index is 11.3. The third-order valence-electron chi connectivity index (χ3n) is 2.29. The quantitative estimate of drug-likeness (QED) is 0.654. The zero-order valence-corrected chi connectivity index (χ0v) is 11.3. The van der Waals surface area contributed by atoms with E-state index in [1.54, 1.807) is 0 Å². The van der Waals surface area contributed by atoms with Crippen LogP contribution in [0.3, 0.4) is 0 Å². The van der Waals surface area contributed by atoms with E-state index < -0.39 is 14.8 Å². The Kier molecular flexibility index (Phi) is 4.28. The molecule has 0 fully saturated rings. The standard InChI is InChI=1S/C11H16N2O4S/c1-8(2)7-12-10-5-4-9(18(3,16)17)6-11(10)13(14)15/h4-6,8,12H,7H2,1-3H3. The predicted octanol–water partition coefficient (Wildman–Crippen LogP) is 2.07. The van der Waals surface area contributed by atoms with Crippen LogP contribution in [0.25, 0.3) is 0 Å². The van der Waals surface area contributed by atoms with Crippen molar-refractivity contribution < 1.29 is 13.3 Å². The molecular formula is C11H16N2O4S. The highest BCUT2D eigenvalue weighted by Crippen LogP contribution is 2.27. The molecule has 0 saturated heterocycles. The molecule has 0 spiro atoms. The number of sulfone groups is 1. The van der Waals surface area contributed by atoms with Crippen molar-refractivity contribution in [3.8, 4) is 0 Å². The number of nitro groups is 1. The molecule has 7 heteroatoms. The lowest BCUT2D eigenvalue weighted by Crippen LogP contribution is -2.10. The number of nitro benzene ring substituents is 1.